The molecule has 2 aromatic rings. The zero-order chi connectivity index (χ0) is 16.5. The first-order valence-corrected chi connectivity index (χ1v) is 7.80. The minimum absolute atomic E-state index is 0.126. The maximum atomic E-state index is 12.2. The smallest absolute Gasteiger partial charge is 0.251 e. The molecule has 1 heterocycles. The van der Waals surface area contributed by atoms with Crippen LogP contribution in [0, 0.1) is 0 Å². The SMILES string of the molecule is CCOc1ccc(C(=O)NCCCc2cnoc2)cc1OCC. The zero-order valence-corrected chi connectivity index (χ0v) is 13.5. The number of hydrogen-bond acceptors (Lipinski definition) is 5. The highest BCUT2D eigenvalue weighted by Crippen LogP contribution is 2.28. The van der Waals surface area contributed by atoms with Crippen molar-refractivity contribution in [2.24, 2.45) is 0 Å². The molecule has 6 heteroatoms. The van der Waals surface area contributed by atoms with E-state index in [2.05, 4.69) is 10.5 Å². The number of aryl methyl sites for hydroxylation is 1. The van der Waals surface area contributed by atoms with Crippen LogP contribution in [0.4, 0.5) is 0 Å². The van der Waals surface area contributed by atoms with Gasteiger partial charge in [0.1, 0.15) is 6.26 Å². The first kappa shape index (κ1) is 16.9. The minimum atomic E-state index is -0.126. The summed E-state index contributed by atoms with van der Waals surface area (Å²) in [6.07, 6.45) is 4.94. The molecule has 0 saturated carbocycles. The molecule has 0 bridgehead atoms. The fourth-order valence-corrected chi connectivity index (χ4v) is 2.14. The van der Waals surface area contributed by atoms with Gasteiger partial charge < -0.3 is 19.3 Å². The van der Waals surface area contributed by atoms with Crippen molar-refractivity contribution in [2.45, 2.75) is 26.7 Å². The summed E-state index contributed by atoms with van der Waals surface area (Å²) < 4.78 is 15.8. The van der Waals surface area contributed by atoms with Crippen LogP contribution < -0.4 is 14.8 Å². The van der Waals surface area contributed by atoms with Crippen LogP contribution in [0.5, 0.6) is 11.5 Å². The highest BCUT2D eigenvalue weighted by molar-refractivity contribution is 5.94. The standard InChI is InChI=1S/C17H22N2O4/c1-3-21-15-8-7-14(10-16(15)22-4-2)17(20)18-9-5-6-13-11-19-23-12-13/h7-8,10-12H,3-6,9H2,1-2H3,(H,18,20). The number of aromatic nitrogens is 1. The number of amides is 1. The van der Waals surface area contributed by atoms with Crippen molar-refractivity contribution in [1.82, 2.24) is 10.5 Å². The Balaban J connectivity index is 1.89. The molecule has 23 heavy (non-hydrogen) atoms. The van der Waals surface area contributed by atoms with E-state index in [4.69, 9.17) is 14.0 Å². The molecule has 2 rings (SSSR count). The van der Waals surface area contributed by atoms with Gasteiger partial charge in [-0.15, -0.1) is 0 Å². The molecule has 0 spiro atoms. The van der Waals surface area contributed by atoms with Crippen LogP contribution in [0.3, 0.4) is 0 Å². The van der Waals surface area contributed by atoms with Crippen molar-refractivity contribution in [3.63, 3.8) is 0 Å². The third-order valence-corrected chi connectivity index (χ3v) is 3.22. The third-order valence-electron chi connectivity index (χ3n) is 3.22. The fourth-order valence-electron chi connectivity index (χ4n) is 2.14. The number of carbonyl (C=O) groups excluding carboxylic acids is 1. The first-order valence-electron chi connectivity index (χ1n) is 7.80. The summed E-state index contributed by atoms with van der Waals surface area (Å²) in [7, 11) is 0. The molecule has 0 saturated heterocycles. The van der Waals surface area contributed by atoms with E-state index in [0.29, 0.717) is 36.8 Å². The van der Waals surface area contributed by atoms with Crippen molar-refractivity contribution in [3.05, 3.63) is 41.8 Å². The summed E-state index contributed by atoms with van der Waals surface area (Å²) in [6.45, 7) is 5.46. The number of ether oxygens (including phenoxy) is 2. The minimum Gasteiger partial charge on any atom is -0.490 e. The normalized spacial score (nSPS) is 10.3. The van der Waals surface area contributed by atoms with Crippen molar-refractivity contribution in [3.8, 4) is 11.5 Å². The summed E-state index contributed by atoms with van der Waals surface area (Å²) in [5, 5.41) is 6.54. The summed E-state index contributed by atoms with van der Waals surface area (Å²) in [5.74, 6) is 1.11. The van der Waals surface area contributed by atoms with Gasteiger partial charge in [0.2, 0.25) is 0 Å². The average molecular weight is 318 g/mol. The van der Waals surface area contributed by atoms with Gasteiger partial charge >= 0.3 is 0 Å². The highest BCUT2D eigenvalue weighted by Gasteiger charge is 2.11. The van der Waals surface area contributed by atoms with E-state index in [1.54, 1.807) is 30.7 Å². The molecule has 124 valence electrons. The van der Waals surface area contributed by atoms with Gasteiger partial charge in [-0.2, -0.15) is 0 Å². The van der Waals surface area contributed by atoms with Crippen LogP contribution in [-0.4, -0.2) is 30.8 Å². The Morgan fingerprint density at radius 2 is 2.00 bits per heavy atom. The quantitative estimate of drug-likeness (QED) is 0.720. The summed E-state index contributed by atoms with van der Waals surface area (Å²) in [6, 6.07) is 5.22. The molecule has 0 radical (unpaired) electrons. The summed E-state index contributed by atoms with van der Waals surface area (Å²) in [5.41, 5.74) is 1.58. The van der Waals surface area contributed by atoms with Gasteiger partial charge in [0.25, 0.3) is 5.91 Å². The molecule has 1 amide bonds. The van der Waals surface area contributed by atoms with E-state index < -0.39 is 0 Å². The van der Waals surface area contributed by atoms with Crippen molar-refractivity contribution < 1.29 is 18.8 Å². The molecular formula is C17H22N2O4. The number of rotatable bonds is 9. The second-order valence-electron chi connectivity index (χ2n) is 4.92. The van der Waals surface area contributed by atoms with Crippen LogP contribution in [0.25, 0.3) is 0 Å². The van der Waals surface area contributed by atoms with Gasteiger partial charge in [0.05, 0.1) is 19.4 Å². The predicted molar refractivity (Wildman–Crippen MR) is 85.9 cm³/mol. The molecule has 0 aliphatic carbocycles. The molecular weight excluding hydrogens is 296 g/mol. The van der Waals surface area contributed by atoms with Gasteiger partial charge in [0.15, 0.2) is 11.5 Å². The maximum absolute atomic E-state index is 12.2. The Kier molecular flexibility index (Phi) is 6.47. The Bertz CT molecular complexity index is 611. The summed E-state index contributed by atoms with van der Waals surface area (Å²) in [4.78, 5) is 12.2. The van der Waals surface area contributed by atoms with Crippen LogP contribution >= 0.6 is 0 Å². The van der Waals surface area contributed by atoms with Crippen molar-refractivity contribution in [1.29, 1.82) is 0 Å². The number of nitrogens with zero attached hydrogens (tertiary/aromatic N) is 1. The monoisotopic (exact) mass is 318 g/mol. The van der Waals surface area contributed by atoms with Gasteiger partial charge in [-0.25, -0.2) is 0 Å². The topological polar surface area (TPSA) is 73.6 Å². The van der Waals surface area contributed by atoms with Gasteiger partial charge in [-0.05, 0) is 44.9 Å². The number of hydrogen-bond donors (Lipinski definition) is 1. The first-order chi connectivity index (χ1) is 11.2. The molecule has 0 atom stereocenters. The molecule has 1 aromatic carbocycles. The summed E-state index contributed by atoms with van der Waals surface area (Å²) >= 11 is 0. The molecule has 1 N–H and O–H groups in total. The third kappa shape index (κ3) is 5.02. The Hall–Kier alpha value is -2.50. The predicted octanol–water partition coefficient (Wildman–Crippen LogP) is 2.83. The van der Waals surface area contributed by atoms with E-state index in [1.165, 1.54) is 0 Å². The number of nitrogens with one attached hydrogen (secondary N) is 1. The second kappa shape index (κ2) is 8.82. The van der Waals surface area contributed by atoms with E-state index in [0.717, 1.165) is 18.4 Å². The molecule has 0 fully saturated rings. The van der Waals surface area contributed by atoms with Crippen LogP contribution in [0.1, 0.15) is 36.2 Å². The van der Waals surface area contributed by atoms with Crippen molar-refractivity contribution in [2.75, 3.05) is 19.8 Å². The lowest BCUT2D eigenvalue weighted by Crippen LogP contribution is -2.24. The molecule has 0 aliphatic rings. The Morgan fingerprint density at radius 3 is 2.70 bits per heavy atom. The lowest BCUT2D eigenvalue weighted by Gasteiger charge is -2.12. The van der Waals surface area contributed by atoms with Gasteiger partial charge in [0, 0.05) is 17.7 Å². The van der Waals surface area contributed by atoms with Crippen molar-refractivity contribution >= 4 is 5.91 Å². The largest absolute Gasteiger partial charge is 0.490 e. The van der Waals surface area contributed by atoms with E-state index >= 15 is 0 Å². The van der Waals surface area contributed by atoms with E-state index in [1.807, 2.05) is 13.8 Å². The number of benzene rings is 1. The van der Waals surface area contributed by atoms with E-state index in [9.17, 15) is 4.79 Å². The molecule has 0 aliphatic heterocycles. The number of carbonyl (C=O) groups is 1. The van der Waals surface area contributed by atoms with Crippen LogP contribution in [0.2, 0.25) is 0 Å². The fraction of sp³-hybridized carbons (Fsp3) is 0.412. The average Bonchev–Trinajstić information content (AvgIpc) is 3.07. The Labute approximate surface area is 135 Å². The van der Waals surface area contributed by atoms with Gasteiger partial charge in [-0.3, -0.25) is 4.79 Å². The maximum Gasteiger partial charge on any atom is 0.251 e. The molecule has 1 aromatic heterocycles. The molecule has 0 unspecified atom stereocenters. The van der Waals surface area contributed by atoms with Gasteiger partial charge in [-0.1, -0.05) is 5.16 Å². The Morgan fingerprint density at radius 1 is 1.22 bits per heavy atom. The lowest BCUT2D eigenvalue weighted by atomic mass is 10.1. The zero-order valence-electron chi connectivity index (χ0n) is 13.5. The van der Waals surface area contributed by atoms with E-state index in [-0.39, 0.29) is 5.91 Å². The molecule has 6 nitrogen and oxygen atoms in total. The lowest BCUT2D eigenvalue weighted by molar-refractivity contribution is 0.0952. The van der Waals surface area contributed by atoms with Crippen LogP contribution in [0.15, 0.2) is 35.2 Å². The highest BCUT2D eigenvalue weighted by atomic mass is 16.5. The van der Waals surface area contributed by atoms with Crippen LogP contribution in [-0.2, 0) is 6.42 Å². The second-order valence-corrected chi connectivity index (χ2v) is 4.92.